The van der Waals surface area contributed by atoms with Crippen molar-refractivity contribution in [3.8, 4) is 0 Å². The molecule has 1 unspecified atom stereocenters. The van der Waals surface area contributed by atoms with Crippen molar-refractivity contribution in [2.45, 2.75) is 25.4 Å². The van der Waals surface area contributed by atoms with Crippen LogP contribution in [0.2, 0.25) is 0 Å². The normalized spacial score (nSPS) is 19.2. The van der Waals surface area contributed by atoms with Crippen molar-refractivity contribution >= 4 is 11.4 Å². The summed E-state index contributed by atoms with van der Waals surface area (Å²) in [7, 11) is 0. The molecule has 0 amide bonds. The molecule has 1 aliphatic heterocycles. The minimum Gasteiger partial charge on any atom is -0.379 e. The Kier molecular flexibility index (Phi) is 3.87. The average molecular weight is 237 g/mol. The SMILES string of the molecule is O=[N+]([O-])c1cnccc1NCCC1CCCO1. The Hall–Kier alpha value is -1.69. The van der Waals surface area contributed by atoms with E-state index < -0.39 is 4.92 Å². The van der Waals surface area contributed by atoms with E-state index >= 15 is 0 Å². The first-order valence-electron chi connectivity index (χ1n) is 5.71. The van der Waals surface area contributed by atoms with E-state index in [4.69, 9.17) is 4.74 Å². The predicted molar refractivity (Wildman–Crippen MR) is 63.0 cm³/mol. The van der Waals surface area contributed by atoms with E-state index in [9.17, 15) is 10.1 Å². The quantitative estimate of drug-likeness (QED) is 0.625. The van der Waals surface area contributed by atoms with Gasteiger partial charge in [-0.05, 0) is 25.3 Å². The summed E-state index contributed by atoms with van der Waals surface area (Å²) < 4.78 is 5.48. The number of hydrogen-bond acceptors (Lipinski definition) is 5. The van der Waals surface area contributed by atoms with E-state index in [1.54, 1.807) is 12.3 Å². The third-order valence-corrected chi connectivity index (χ3v) is 2.80. The zero-order chi connectivity index (χ0) is 12.1. The summed E-state index contributed by atoms with van der Waals surface area (Å²) in [5.41, 5.74) is 0.530. The van der Waals surface area contributed by atoms with Crippen molar-refractivity contribution in [2.24, 2.45) is 0 Å². The first-order valence-corrected chi connectivity index (χ1v) is 5.71. The number of aromatic nitrogens is 1. The van der Waals surface area contributed by atoms with Crippen LogP contribution in [0.5, 0.6) is 0 Å². The minimum absolute atomic E-state index is 0.0137. The van der Waals surface area contributed by atoms with Gasteiger partial charge in [0.15, 0.2) is 0 Å². The molecular formula is C11H15N3O3. The highest BCUT2D eigenvalue weighted by Crippen LogP contribution is 2.22. The molecule has 92 valence electrons. The lowest BCUT2D eigenvalue weighted by atomic mass is 10.2. The molecule has 0 saturated carbocycles. The van der Waals surface area contributed by atoms with Crippen LogP contribution in [0.1, 0.15) is 19.3 Å². The van der Waals surface area contributed by atoms with E-state index in [0.29, 0.717) is 18.3 Å². The Morgan fingerprint density at radius 1 is 1.65 bits per heavy atom. The zero-order valence-corrected chi connectivity index (χ0v) is 9.46. The molecule has 1 aromatic rings. The maximum absolute atomic E-state index is 10.7. The predicted octanol–water partition coefficient (Wildman–Crippen LogP) is 1.97. The monoisotopic (exact) mass is 237 g/mol. The number of ether oxygens (including phenoxy) is 1. The van der Waals surface area contributed by atoms with E-state index in [1.165, 1.54) is 6.20 Å². The fourth-order valence-corrected chi connectivity index (χ4v) is 1.92. The van der Waals surface area contributed by atoms with E-state index in [0.717, 1.165) is 25.9 Å². The van der Waals surface area contributed by atoms with Crippen LogP contribution in [-0.2, 0) is 4.74 Å². The van der Waals surface area contributed by atoms with Crippen molar-refractivity contribution in [3.05, 3.63) is 28.6 Å². The van der Waals surface area contributed by atoms with Gasteiger partial charge >= 0.3 is 5.69 Å². The van der Waals surface area contributed by atoms with Crippen LogP contribution in [0.4, 0.5) is 11.4 Å². The lowest BCUT2D eigenvalue weighted by Crippen LogP contribution is -2.13. The molecule has 0 radical (unpaired) electrons. The van der Waals surface area contributed by atoms with Gasteiger partial charge < -0.3 is 10.1 Å². The zero-order valence-electron chi connectivity index (χ0n) is 9.46. The molecular weight excluding hydrogens is 222 g/mol. The highest BCUT2D eigenvalue weighted by Gasteiger charge is 2.16. The summed E-state index contributed by atoms with van der Waals surface area (Å²) in [5, 5.41) is 13.8. The minimum atomic E-state index is -0.429. The summed E-state index contributed by atoms with van der Waals surface area (Å²) in [5.74, 6) is 0. The van der Waals surface area contributed by atoms with Gasteiger partial charge in [-0.2, -0.15) is 0 Å². The van der Waals surface area contributed by atoms with Crippen LogP contribution < -0.4 is 5.32 Å². The van der Waals surface area contributed by atoms with Gasteiger partial charge in [-0.15, -0.1) is 0 Å². The first-order chi connectivity index (χ1) is 8.27. The first kappa shape index (κ1) is 11.8. The van der Waals surface area contributed by atoms with Crippen LogP contribution in [-0.4, -0.2) is 29.2 Å². The number of pyridine rings is 1. The second-order valence-electron chi connectivity index (χ2n) is 4.00. The molecule has 6 nitrogen and oxygen atoms in total. The van der Waals surface area contributed by atoms with Crippen LogP contribution >= 0.6 is 0 Å². The van der Waals surface area contributed by atoms with Gasteiger partial charge in [-0.1, -0.05) is 0 Å². The summed E-state index contributed by atoms with van der Waals surface area (Å²) in [6.45, 7) is 1.51. The molecule has 0 aromatic carbocycles. The van der Waals surface area contributed by atoms with Gasteiger partial charge in [-0.3, -0.25) is 15.1 Å². The lowest BCUT2D eigenvalue weighted by Gasteiger charge is -2.10. The summed E-state index contributed by atoms with van der Waals surface area (Å²) in [6, 6.07) is 1.62. The van der Waals surface area contributed by atoms with Crippen molar-refractivity contribution in [1.29, 1.82) is 0 Å². The molecule has 1 saturated heterocycles. The highest BCUT2D eigenvalue weighted by atomic mass is 16.6. The number of nitrogens with zero attached hydrogens (tertiary/aromatic N) is 2. The molecule has 0 spiro atoms. The standard InChI is InChI=1S/C11H15N3O3/c15-14(16)11-8-12-5-4-10(11)13-6-3-9-2-1-7-17-9/h4-5,8-9H,1-3,6-7H2,(H,12,13). The largest absolute Gasteiger partial charge is 0.379 e. The summed E-state index contributed by atoms with van der Waals surface area (Å²) >= 11 is 0. The average Bonchev–Trinajstić information content (AvgIpc) is 2.82. The van der Waals surface area contributed by atoms with E-state index in [-0.39, 0.29) is 5.69 Å². The van der Waals surface area contributed by atoms with Gasteiger partial charge in [0.2, 0.25) is 0 Å². The Morgan fingerprint density at radius 2 is 2.53 bits per heavy atom. The van der Waals surface area contributed by atoms with E-state index in [2.05, 4.69) is 10.3 Å². The second-order valence-corrected chi connectivity index (χ2v) is 4.00. The Morgan fingerprint density at radius 3 is 3.24 bits per heavy atom. The molecule has 6 heteroatoms. The number of nitro groups is 1. The number of hydrogen-bond donors (Lipinski definition) is 1. The van der Waals surface area contributed by atoms with Crippen molar-refractivity contribution in [3.63, 3.8) is 0 Å². The maximum atomic E-state index is 10.7. The number of rotatable bonds is 5. The molecule has 1 aromatic heterocycles. The van der Waals surface area contributed by atoms with E-state index in [1.807, 2.05) is 0 Å². The smallest absolute Gasteiger partial charge is 0.310 e. The molecule has 1 atom stereocenters. The van der Waals surface area contributed by atoms with Crippen LogP contribution in [0.3, 0.4) is 0 Å². The Bertz CT molecular complexity index is 391. The van der Waals surface area contributed by atoms with Crippen molar-refractivity contribution in [2.75, 3.05) is 18.5 Å². The van der Waals surface area contributed by atoms with Crippen LogP contribution in [0, 0.1) is 10.1 Å². The van der Waals surface area contributed by atoms with Crippen LogP contribution in [0.15, 0.2) is 18.5 Å². The molecule has 17 heavy (non-hydrogen) atoms. The molecule has 0 bridgehead atoms. The van der Waals surface area contributed by atoms with Gasteiger partial charge in [-0.25, -0.2) is 0 Å². The fraction of sp³-hybridized carbons (Fsp3) is 0.545. The fourth-order valence-electron chi connectivity index (χ4n) is 1.92. The second kappa shape index (κ2) is 5.58. The molecule has 1 fully saturated rings. The molecule has 1 aliphatic rings. The molecule has 2 rings (SSSR count). The molecule has 1 N–H and O–H groups in total. The molecule has 2 heterocycles. The van der Waals surface area contributed by atoms with Crippen LogP contribution in [0.25, 0.3) is 0 Å². The van der Waals surface area contributed by atoms with Gasteiger partial charge in [0.05, 0.1) is 11.0 Å². The number of anilines is 1. The topological polar surface area (TPSA) is 77.3 Å². The number of nitrogens with one attached hydrogen (secondary N) is 1. The maximum Gasteiger partial charge on any atom is 0.310 e. The summed E-state index contributed by atoms with van der Waals surface area (Å²) in [4.78, 5) is 14.1. The Labute approximate surface area is 99.2 Å². The third kappa shape index (κ3) is 3.13. The summed E-state index contributed by atoms with van der Waals surface area (Å²) in [6.07, 6.45) is 6.17. The van der Waals surface area contributed by atoms with Crippen molar-refractivity contribution in [1.82, 2.24) is 4.98 Å². The van der Waals surface area contributed by atoms with Gasteiger partial charge in [0.25, 0.3) is 0 Å². The Balaban J connectivity index is 1.87. The van der Waals surface area contributed by atoms with Crippen molar-refractivity contribution < 1.29 is 9.66 Å². The molecule has 0 aliphatic carbocycles. The lowest BCUT2D eigenvalue weighted by molar-refractivity contribution is -0.384. The van der Waals surface area contributed by atoms with Gasteiger partial charge in [0.1, 0.15) is 11.9 Å². The third-order valence-electron chi connectivity index (χ3n) is 2.80. The van der Waals surface area contributed by atoms with Gasteiger partial charge in [0, 0.05) is 19.3 Å². The highest BCUT2D eigenvalue weighted by molar-refractivity contribution is 5.59.